The average molecular weight is 284 g/mol. The summed E-state index contributed by atoms with van der Waals surface area (Å²) in [6, 6.07) is 6.10. The fourth-order valence-corrected chi connectivity index (χ4v) is 3.12. The van der Waals surface area contributed by atoms with Crippen LogP contribution in [-0.2, 0) is 24.2 Å². The summed E-state index contributed by atoms with van der Waals surface area (Å²) < 4.78 is 0. The first-order chi connectivity index (χ1) is 10.1. The van der Waals surface area contributed by atoms with Crippen molar-refractivity contribution in [3.05, 3.63) is 40.6 Å². The monoisotopic (exact) mass is 284 g/mol. The van der Waals surface area contributed by atoms with Gasteiger partial charge in [0, 0.05) is 30.6 Å². The Labute approximate surface area is 124 Å². The zero-order chi connectivity index (χ0) is 15.0. The second-order valence-corrected chi connectivity index (χ2v) is 5.73. The minimum absolute atomic E-state index is 0.0718. The molecule has 110 valence electrons. The number of carboxylic acid groups (broad SMARTS) is 1. The molecule has 1 aliphatic heterocycles. The van der Waals surface area contributed by atoms with Gasteiger partial charge in [0.05, 0.1) is 11.9 Å². The average Bonchev–Trinajstić information content (AvgIpc) is 2.47. The lowest BCUT2D eigenvalue weighted by Gasteiger charge is -2.29. The highest BCUT2D eigenvalue weighted by Gasteiger charge is 2.22. The molecule has 0 unspecified atom stereocenters. The molecule has 0 spiro atoms. The van der Waals surface area contributed by atoms with Crippen LogP contribution < -0.4 is 0 Å². The largest absolute Gasteiger partial charge is 0.481 e. The van der Waals surface area contributed by atoms with Crippen LogP contribution in [0.4, 0.5) is 0 Å². The van der Waals surface area contributed by atoms with Gasteiger partial charge in [-0.3, -0.25) is 14.7 Å². The molecule has 1 aliphatic rings. The summed E-state index contributed by atoms with van der Waals surface area (Å²) >= 11 is 0. The van der Waals surface area contributed by atoms with E-state index in [1.165, 1.54) is 0 Å². The van der Waals surface area contributed by atoms with Gasteiger partial charge < -0.3 is 5.11 Å². The Morgan fingerprint density at radius 1 is 1.43 bits per heavy atom. The fourth-order valence-electron chi connectivity index (χ4n) is 3.12. The number of aromatic nitrogens is 1. The smallest absolute Gasteiger partial charge is 0.307 e. The van der Waals surface area contributed by atoms with E-state index in [1.807, 2.05) is 19.1 Å². The van der Waals surface area contributed by atoms with Crippen molar-refractivity contribution in [2.24, 2.45) is 0 Å². The topological polar surface area (TPSA) is 53.4 Å². The molecule has 0 fully saturated rings. The third-order valence-electron chi connectivity index (χ3n) is 4.27. The Hall–Kier alpha value is -1.94. The van der Waals surface area contributed by atoms with Gasteiger partial charge in [0.15, 0.2) is 0 Å². The molecule has 1 aromatic heterocycles. The summed E-state index contributed by atoms with van der Waals surface area (Å²) in [7, 11) is 0. The standard InChI is InChI=1S/C17H20N2O2/c1-3-19-7-6-16-14(10-19)12(9-17(20)21)13-8-11(2)4-5-15(13)18-16/h4-5,8H,3,6-7,9-10H2,1-2H3,(H,20,21). The number of carbonyl (C=O) groups is 1. The minimum atomic E-state index is -0.778. The van der Waals surface area contributed by atoms with Gasteiger partial charge in [-0.1, -0.05) is 18.6 Å². The Bertz CT molecular complexity index is 709. The van der Waals surface area contributed by atoms with E-state index < -0.39 is 5.97 Å². The van der Waals surface area contributed by atoms with E-state index in [0.29, 0.717) is 0 Å². The van der Waals surface area contributed by atoms with Crippen LogP contribution in [-0.4, -0.2) is 34.0 Å². The van der Waals surface area contributed by atoms with E-state index >= 15 is 0 Å². The lowest BCUT2D eigenvalue weighted by molar-refractivity contribution is -0.136. The van der Waals surface area contributed by atoms with Gasteiger partial charge in [-0.15, -0.1) is 0 Å². The molecule has 0 amide bonds. The molecular weight excluding hydrogens is 264 g/mol. The highest BCUT2D eigenvalue weighted by molar-refractivity contribution is 5.88. The number of fused-ring (bicyclic) bond motifs is 2. The lowest BCUT2D eigenvalue weighted by atomic mass is 9.93. The predicted octanol–water partition coefficient (Wildman–Crippen LogP) is 2.55. The number of likely N-dealkylation sites (N-methyl/N-ethyl adjacent to an activating group) is 1. The van der Waals surface area contributed by atoms with Gasteiger partial charge >= 0.3 is 5.97 Å². The summed E-state index contributed by atoms with van der Waals surface area (Å²) in [6.45, 7) is 6.96. The quantitative estimate of drug-likeness (QED) is 0.941. The van der Waals surface area contributed by atoms with E-state index in [1.54, 1.807) is 0 Å². The SMILES string of the molecule is CCN1CCc2nc3ccc(C)cc3c(CC(=O)O)c2C1. The molecule has 3 rings (SSSR count). The Balaban J connectivity index is 2.23. The molecule has 2 aromatic rings. The molecule has 0 saturated carbocycles. The number of hydrogen-bond acceptors (Lipinski definition) is 3. The second kappa shape index (κ2) is 5.45. The first-order valence-electron chi connectivity index (χ1n) is 7.43. The Morgan fingerprint density at radius 3 is 2.95 bits per heavy atom. The molecule has 21 heavy (non-hydrogen) atoms. The fraction of sp³-hybridized carbons (Fsp3) is 0.412. The maximum absolute atomic E-state index is 11.3. The first kappa shape index (κ1) is 14.0. The van der Waals surface area contributed by atoms with Crippen LogP contribution in [0.15, 0.2) is 18.2 Å². The van der Waals surface area contributed by atoms with E-state index in [2.05, 4.69) is 17.9 Å². The molecule has 4 heteroatoms. The zero-order valence-electron chi connectivity index (χ0n) is 12.5. The molecule has 1 N–H and O–H groups in total. The minimum Gasteiger partial charge on any atom is -0.481 e. The number of pyridine rings is 1. The van der Waals surface area contributed by atoms with Crippen molar-refractivity contribution in [3.63, 3.8) is 0 Å². The third kappa shape index (κ3) is 2.63. The number of hydrogen-bond donors (Lipinski definition) is 1. The van der Waals surface area contributed by atoms with Crippen molar-refractivity contribution in [2.45, 2.75) is 33.2 Å². The highest BCUT2D eigenvalue weighted by Crippen LogP contribution is 2.29. The second-order valence-electron chi connectivity index (χ2n) is 5.73. The van der Waals surface area contributed by atoms with Crippen LogP contribution in [0.2, 0.25) is 0 Å². The van der Waals surface area contributed by atoms with E-state index in [0.717, 1.165) is 59.3 Å². The number of rotatable bonds is 3. The maximum Gasteiger partial charge on any atom is 0.307 e. The highest BCUT2D eigenvalue weighted by atomic mass is 16.4. The van der Waals surface area contributed by atoms with E-state index in [-0.39, 0.29) is 6.42 Å². The molecule has 0 atom stereocenters. The molecule has 0 radical (unpaired) electrons. The Kier molecular flexibility index (Phi) is 3.64. The van der Waals surface area contributed by atoms with E-state index in [9.17, 15) is 9.90 Å². The maximum atomic E-state index is 11.3. The molecule has 0 bridgehead atoms. The normalized spacial score (nSPS) is 15.1. The van der Waals surface area contributed by atoms with Crippen molar-refractivity contribution in [1.29, 1.82) is 0 Å². The number of aryl methyl sites for hydroxylation is 1. The van der Waals surface area contributed by atoms with Crippen LogP contribution in [0.3, 0.4) is 0 Å². The van der Waals surface area contributed by atoms with Crippen LogP contribution in [0, 0.1) is 6.92 Å². The van der Waals surface area contributed by atoms with Crippen LogP contribution in [0.5, 0.6) is 0 Å². The molecule has 2 heterocycles. The first-order valence-corrected chi connectivity index (χ1v) is 7.43. The molecule has 4 nitrogen and oxygen atoms in total. The van der Waals surface area contributed by atoms with Crippen molar-refractivity contribution >= 4 is 16.9 Å². The van der Waals surface area contributed by atoms with Gasteiger partial charge in [0.25, 0.3) is 0 Å². The molecular formula is C17H20N2O2. The summed E-state index contributed by atoms with van der Waals surface area (Å²) in [5.41, 5.74) is 5.21. The number of nitrogens with zero attached hydrogens (tertiary/aromatic N) is 2. The van der Waals surface area contributed by atoms with Crippen molar-refractivity contribution in [3.8, 4) is 0 Å². The van der Waals surface area contributed by atoms with Crippen LogP contribution in [0.25, 0.3) is 10.9 Å². The number of carboxylic acids is 1. The van der Waals surface area contributed by atoms with Gasteiger partial charge in [0.2, 0.25) is 0 Å². The van der Waals surface area contributed by atoms with Gasteiger partial charge in [-0.25, -0.2) is 0 Å². The Morgan fingerprint density at radius 2 is 2.24 bits per heavy atom. The van der Waals surface area contributed by atoms with Crippen LogP contribution in [0.1, 0.15) is 29.3 Å². The van der Waals surface area contributed by atoms with Crippen molar-refractivity contribution < 1.29 is 9.90 Å². The molecule has 1 aromatic carbocycles. The lowest BCUT2D eigenvalue weighted by Crippen LogP contribution is -2.32. The zero-order valence-corrected chi connectivity index (χ0v) is 12.5. The van der Waals surface area contributed by atoms with Gasteiger partial charge in [-0.05, 0) is 36.7 Å². The summed E-state index contributed by atoms with van der Waals surface area (Å²) in [5, 5.41) is 10.3. The number of benzene rings is 1. The summed E-state index contributed by atoms with van der Waals surface area (Å²) in [6.07, 6.45) is 0.974. The third-order valence-corrected chi connectivity index (χ3v) is 4.27. The van der Waals surface area contributed by atoms with Crippen LogP contribution >= 0.6 is 0 Å². The molecule has 0 aliphatic carbocycles. The van der Waals surface area contributed by atoms with Crippen molar-refractivity contribution in [1.82, 2.24) is 9.88 Å². The van der Waals surface area contributed by atoms with Gasteiger partial charge in [-0.2, -0.15) is 0 Å². The summed E-state index contributed by atoms with van der Waals surface area (Å²) in [5.74, 6) is -0.778. The van der Waals surface area contributed by atoms with E-state index in [4.69, 9.17) is 4.98 Å². The summed E-state index contributed by atoms with van der Waals surface area (Å²) in [4.78, 5) is 18.4. The van der Waals surface area contributed by atoms with Gasteiger partial charge in [0.1, 0.15) is 0 Å². The molecule has 0 saturated heterocycles. The number of aliphatic carboxylic acids is 1. The predicted molar refractivity (Wildman–Crippen MR) is 82.5 cm³/mol. The van der Waals surface area contributed by atoms with Crippen molar-refractivity contribution in [2.75, 3.05) is 13.1 Å².